The summed E-state index contributed by atoms with van der Waals surface area (Å²) in [4.78, 5) is 0. The van der Waals surface area contributed by atoms with Crippen LogP contribution >= 0.6 is 15.9 Å². The molecule has 3 heteroatoms. The van der Waals surface area contributed by atoms with Crippen molar-refractivity contribution in [2.24, 2.45) is 5.73 Å². The predicted octanol–water partition coefficient (Wildman–Crippen LogP) is 2.74. The van der Waals surface area contributed by atoms with Crippen LogP contribution in [0.1, 0.15) is 18.9 Å². The maximum Gasteiger partial charge on any atom is 0.119 e. The Morgan fingerprint density at radius 3 is 2.93 bits per heavy atom. The Hall–Kier alpha value is -0.540. The zero-order valence-corrected chi connectivity index (χ0v) is 10.7. The van der Waals surface area contributed by atoms with Crippen LogP contribution in [0.4, 0.5) is 0 Å². The summed E-state index contributed by atoms with van der Waals surface area (Å²) in [5.74, 6) is 0.926. The highest BCUT2D eigenvalue weighted by molar-refractivity contribution is 9.09. The average molecular weight is 272 g/mol. The van der Waals surface area contributed by atoms with Gasteiger partial charge in [0, 0.05) is 11.4 Å². The molecule has 0 amide bonds. The van der Waals surface area contributed by atoms with E-state index in [0.717, 1.165) is 23.9 Å². The molecule has 0 heterocycles. The Morgan fingerprint density at radius 1 is 1.47 bits per heavy atom. The van der Waals surface area contributed by atoms with E-state index in [1.807, 2.05) is 12.1 Å². The molecule has 0 aliphatic heterocycles. The Morgan fingerprint density at radius 2 is 2.27 bits per heavy atom. The average Bonchev–Trinajstić information content (AvgIpc) is 2.26. The molecule has 15 heavy (non-hydrogen) atoms. The van der Waals surface area contributed by atoms with Crippen molar-refractivity contribution in [3.63, 3.8) is 0 Å². The second kappa shape index (κ2) is 6.85. The van der Waals surface area contributed by atoms with E-state index in [2.05, 4.69) is 35.0 Å². The van der Waals surface area contributed by atoms with Crippen molar-refractivity contribution in [3.05, 3.63) is 29.8 Å². The van der Waals surface area contributed by atoms with E-state index in [1.165, 1.54) is 5.56 Å². The Labute approximate surface area is 99.9 Å². The van der Waals surface area contributed by atoms with Crippen LogP contribution in [0.25, 0.3) is 0 Å². The standard InChI is InChI=1S/C12H18BrNO/c1-2-11(14)8-10-4-3-5-12(9-10)15-7-6-13/h3-5,9,11H,2,6-8,14H2,1H3. The molecule has 1 unspecified atom stereocenters. The van der Waals surface area contributed by atoms with Crippen LogP contribution in [0.5, 0.6) is 5.75 Å². The quantitative estimate of drug-likeness (QED) is 0.808. The monoisotopic (exact) mass is 271 g/mol. The first-order valence-electron chi connectivity index (χ1n) is 5.29. The second-order valence-electron chi connectivity index (χ2n) is 3.56. The first-order valence-corrected chi connectivity index (χ1v) is 6.41. The Kier molecular flexibility index (Phi) is 5.73. The first-order chi connectivity index (χ1) is 7.26. The maximum atomic E-state index is 5.91. The molecule has 1 atom stereocenters. The largest absolute Gasteiger partial charge is 0.493 e. The van der Waals surface area contributed by atoms with Crippen molar-refractivity contribution in [1.82, 2.24) is 0 Å². The van der Waals surface area contributed by atoms with Gasteiger partial charge in [-0.1, -0.05) is 35.0 Å². The van der Waals surface area contributed by atoms with E-state index in [4.69, 9.17) is 10.5 Å². The van der Waals surface area contributed by atoms with E-state index in [1.54, 1.807) is 0 Å². The lowest BCUT2D eigenvalue weighted by Gasteiger charge is -2.10. The normalized spacial score (nSPS) is 12.5. The molecule has 0 saturated carbocycles. The van der Waals surface area contributed by atoms with Gasteiger partial charge in [-0.3, -0.25) is 0 Å². The van der Waals surface area contributed by atoms with Crippen LogP contribution in [0.3, 0.4) is 0 Å². The zero-order chi connectivity index (χ0) is 11.1. The minimum absolute atomic E-state index is 0.247. The smallest absolute Gasteiger partial charge is 0.119 e. The molecule has 0 saturated heterocycles. The molecule has 0 fully saturated rings. The number of nitrogens with two attached hydrogens (primary N) is 1. The van der Waals surface area contributed by atoms with Gasteiger partial charge in [-0.15, -0.1) is 0 Å². The SMILES string of the molecule is CCC(N)Cc1cccc(OCCBr)c1. The van der Waals surface area contributed by atoms with Crippen molar-refractivity contribution in [2.75, 3.05) is 11.9 Å². The Balaban J connectivity index is 2.57. The predicted molar refractivity (Wildman–Crippen MR) is 67.7 cm³/mol. The van der Waals surface area contributed by atoms with Gasteiger partial charge in [-0.25, -0.2) is 0 Å². The summed E-state index contributed by atoms with van der Waals surface area (Å²) >= 11 is 3.33. The van der Waals surface area contributed by atoms with Crippen LogP contribution < -0.4 is 10.5 Å². The van der Waals surface area contributed by atoms with Crippen LogP contribution in [-0.2, 0) is 6.42 Å². The van der Waals surface area contributed by atoms with Crippen molar-refractivity contribution in [3.8, 4) is 5.75 Å². The molecule has 0 aromatic heterocycles. The number of rotatable bonds is 6. The van der Waals surface area contributed by atoms with Crippen molar-refractivity contribution < 1.29 is 4.74 Å². The summed E-state index contributed by atoms with van der Waals surface area (Å²) in [7, 11) is 0. The van der Waals surface area contributed by atoms with Gasteiger partial charge in [0.05, 0.1) is 6.61 Å². The second-order valence-corrected chi connectivity index (χ2v) is 4.35. The van der Waals surface area contributed by atoms with E-state index >= 15 is 0 Å². The van der Waals surface area contributed by atoms with Gasteiger partial charge >= 0.3 is 0 Å². The number of ether oxygens (including phenoxy) is 1. The summed E-state index contributed by atoms with van der Waals surface area (Å²) in [5.41, 5.74) is 7.15. The van der Waals surface area contributed by atoms with E-state index in [0.29, 0.717) is 6.61 Å². The lowest BCUT2D eigenvalue weighted by Crippen LogP contribution is -2.21. The maximum absolute atomic E-state index is 5.91. The fourth-order valence-corrected chi connectivity index (χ4v) is 1.53. The molecule has 0 spiro atoms. The third kappa shape index (κ3) is 4.67. The minimum Gasteiger partial charge on any atom is -0.493 e. The lowest BCUT2D eigenvalue weighted by atomic mass is 10.0. The highest BCUT2D eigenvalue weighted by atomic mass is 79.9. The van der Waals surface area contributed by atoms with Crippen LogP contribution in [-0.4, -0.2) is 18.0 Å². The third-order valence-electron chi connectivity index (χ3n) is 2.27. The number of hydrogen-bond donors (Lipinski definition) is 1. The van der Waals surface area contributed by atoms with Crippen LogP contribution in [0.2, 0.25) is 0 Å². The van der Waals surface area contributed by atoms with Crippen LogP contribution in [0, 0.1) is 0 Å². The highest BCUT2D eigenvalue weighted by Gasteiger charge is 2.02. The van der Waals surface area contributed by atoms with Gasteiger partial charge in [0.1, 0.15) is 5.75 Å². The molecule has 84 valence electrons. The van der Waals surface area contributed by atoms with Crippen LogP contribution in [0.15, 0.2) is 24.3 Å². The van der Waals surface area contributed by atoms with Gasteiger partial charge in [0.2, 0.25) is 0 Å². The molecular weight excluding hydrogens is 254 g/mol. The minimum atomic E-state index is 0.247. The molecule has 1 aromatic carbocycles. The molecule has 0 radical (unpaired) electrons. The fraction of sp³-hybridized carbons (Fsp3) is 0.500. The van der Waals surface area contributed by atoms with Crippen molar-refractivity contribution in [2.45, 2.75) is 25.8 Å². The van der Waals surface area contributed by atoms with Gasteiger partial charge < -0.3 is 10.5 Å². The lowest BCUT2D eigenvalue weighted by molar-refractivity contribution is 0.344. The van der Waals surface area contributed by atoms with Gasteiger partial charge in [-0.05, 0) is 30.5 Å². The topological polar surface area (TPSA) is 35.2 Å². The van der Waals surface area contributed by atoms with Crippen molar-refractivity contribution in [1.29, 1.82) is 0 Å². The summed E-state index contributed by atoms with van der Waals surface area (Å²) in [6.07, 6.45) is 1.93. The molecule has 1 aromatic rings. The number of alkyl halides is 1. The van der Waals surface area contributed by atoms with E-state index in [-0.39, 0.29) is 6.04 Å². The molecule has 1 rings (SSSR count). The highest BCUT2D eigenvalue weighted by Crippen LogP contribution is 2.15. The summed E-state index contributed by atoms with van der Waals surface area (Å²) < 4.78 is 5.52. The number of benzene rings is 1. The molecule has 2 N–H and O–H groups in total. The molecule has 2 nitrogen and oxygen atoms in total. The van der Waals surface area contributed by atoms with Crippen molar-refractivity contribution >= 4 is 15.9 Å². The Bertz CT molecular complexity index is 291. The number of halogens is 1. The van der Waals surface area contributed by atoms with Gasteiger partial charge in [-0.2, -0.15) is 0 Å². The molecule has 0 aliphatic carbocycles. The van der Waals surface area contributed by atoms with E-state index < -0.39 is 0 Å². The van der Waals surface area contributed by atoms with E-state index in [9.17, 15) is 0 Å². The van der Waals surface area contributed by atoms with Gasteiger partial charge in [0.25, 0.3) is 0 Å². The molecule has 0 bridgehead atoms. The fourth-order valence-electron chi connectivity index (χ4n) is 1.37. The first kappa shape index (κ1) is 12.5. The third-order valence-corrected chi connectivity index (χ3v) is 2.59. The summed E-state index contributed by atoms with van der Waals surface area (Å²) in [6, 6.07) is 8.40. The summed E-state index contributed by atoms with van der Waals surface area (Å²) in [6.45, 7) is 2.80. The molecular formula is C12H18BrNO. The zero-order valence-electron chi connectivity index (χ0n) is 9.08. The number of hydrogen-bond acceptors (Lipinski definition) is 2. The summed E-state index contributed by atoms with van der Waals surface area (Å²) in [5, 5.41) is 0.853. The van der Waals surface area contributed by atoms with Gasteiger partial charge in [0.15, 0.2) is 0 Å². The molecule has 0 aliphatic rings.